The molecule has 122 valence electrons. The van der Waals surface area contributed by atoms with E-state index in [1.165, 1.54) is 11.8 Å². The summed E-state index contributed by atoms with van der Waals surface area (Å²) in [5, 5.41) is -1.27. The second kappa shape index (κ2) is 6.49. The fourth-order valence-corrected chi connectivity index (χ4v) is 3.71. The summed E-state index contributed by atoms with van der Waals surface area (Å²) in [6, 6.07) is 16.1. The number of hydrogen-bond donors (Lipinski definition) is 0. The van der Waals surface area contributed by atoms with Crippen LogP contribution in [0.5, 0.6) is 0 Å². The lowest BCUT2D eigenvalue weighted by molar-refractivity contribution is -0.121. The molecule has 3 rings (SSSR count). The highest BCUT2D eigenvalue weighted by molar-refractivity contribution is 8.16. The van der Waals surface area contributed by atoms with Crippen molar-refractivity contribution in [2.75, 3.05) is 9.80 Å². The molecule has 1 aliphatic rings. The Labute approximate surface area is 144 Å². The van der Waals surface area contributed by atoms with Gasteiger partial charge in [0.1, 0.15) is 0 Å². The first-order valence-electron chi connectivity index (χ1n) is 7.45. The van der Waals surface area contributed by atoms with E-state index >= 15 is 0 Å². The number of carbonyl (C=O) groups excluding carboxylic acids is 3. The van der Waals surface area contributed by atoms with Crippen LogP contribution in [0, 0.1) is 6.92 Å². The maximum Gasteiger partial charge on any atom is 0.295 e. The highest BCUT2D eigenvalue weighted by atomic mass is 32.2. The Morgan fingerprint density at radius 1 is 1.08 bits per heavy atom. The molecule has 0 N–H and O–H groups in total. The van der Waals surface area contributed by atoms with Gasteiger partial charge in [0, 0.05) is 12.6 Å². The number of benzene rings is 2. The van der Waals surface area contributed by atoms with Gasteiger partial charge in [0.25, 0.3) is 11.1 Å². The number of rotatable bonds is 3. The van der Waals surface area contributed by atoms with Crippen molar-refractivity contribution in [1.82, 2.24) is 0 Å². The summed E-state index contributed by atoms with van der Waals surface area (Å²) < 4.78 is 0. The molecule has 0 radical (unpaired) electrons. The van der Waals surface area contributed by atoms with Gasteiger partial charge >= 0.3 is 0 Å². The molecule has 2 aromatic carbocycles. The van der Waals surface area contributed by atoms with Crippen LogP contribution in [-0.4, -0.2) is 22.4 Å². The summed E-state index contributed by atoms with van der Waals surface area (Å²) in [6.45, 7) is 3.28. The number of thioether (sulfide) groups is 1. The number of carbonyl (C=O) groups is 3. The van der Waals surface area contributed by atoms with Crippen LogP contribution in [0.1, 0.15) is 12.5 Å². The average molecular weight is 340 g/mol. The molecule has 0 spiro atoms. The highest BCUT2D eigenvalue weighted by Crippen LogP contribution is 2.36. The summed E-state index contributed by atoms with van der Waals surface area (Å²) in [5.41, 5.74) is 2.07. The van der Waals surface area contributed by atoms with Crippen molar-refractivity contribution in [3.05, 3.63) is 60.2 Å². The molecule has 2 aromatic rings. The Hall–Kier alpha value is -2.60. The molecule has 0 saturated carbocycles. The van der Waals surface area contributed by atoms with Crippen LogP contribution in [-0.2, 0) is 9.59 Å². The Balaban J connectivity index is 1.97. The summed E-state index contributed by atoms with van der Waals surface area (Å²) in [5.74, 6) is -0.694. The van der Waals surface area contributed by atoms with Crippen LogP contribution in [0.25, 0.3) is 0 Å². The maximum absolute atomic E-state index is 12.8. The van der Waals surface area contributed by atoms with E-state index < -0.39 is 11.3 Å². The number of anilines is 2. The molecule has 1 saturated heterocycles. The van der Waals surface area contributed by atoms with Gasteiger partial charge in [0.2, 0.25) is 5.91 Å². The second-order valence-corrected chi connectivity index (χ2v) is 6.50. The van der Waals surface area contributed by atoms with E-state index in [4.69, 9.17) is 0 Å². The molecule has 24 heavy (non-hydrogen) atoms. The zero-order chi connectivity index (χ0) is 17.3. The standard InChI is InChI=1S/C18H16N2O3S/c1-12-7-6-10-15(11-12)20-16(22)17(24-18(20)23)19(13(2)21)14-8-4-3-5-9-14/h3-11,17H,1-2H3/t17-/m0/s1. The Morgan fingerprint density at radius 2 is 1.79 bits per heavy atom. The van der Waals surface area contributed by atoms with Gasteiger partial charge < -0.3 is 0 Å². The quantitative estimate of drug-likeness (QED) is 0.857. The van der Waals surface area contributed by atoms with Crippen molar-refractivity contribution in [2.45, 2.75) is 19.2 Å². The zero-order valence-corrected chi connectivity index (χ0v) is 14.1. The normalized spacial score (nSPS) is 17.2. The largest absolute Gasteiger partial charge is 0.295 e. The number of nitrogens with zero attached hydrogens (tertiary/aromatic N) is 2. The molecule has 6 heteroatoms. The highest BCUT2D eigenvalue weighted by Gasteiger charge is 2.45. The van der Waals surface area contributed by atoms with E-state index in [1.54, 1.807) is 42.5 Å². The number of aryl methyl sites for hydroxylation is 1. The maximum atomic E-state index is 12.8. The van der Waals surface area contributed by atoms with E-state index in [0.717, 1.165) is 22.2 Å². The van der Waals surface area contributed by atoms with Gasteiger partial charge in [-0.2, -0.15) is 0 Å². The lowest BCUT2D eigenvalue weighted by atomic mass is 10.2. The molecule has 0 aromatic heterocycles. The van der Waals surface area contributed by atoms with Crippen molar-refractivity contribution < 1.29 is 14.4 Å². The Morgan fingerprint density at radius 3 is 2.42 bits per heavy atom. The smallest absolute Gasteiger partial charge is 0.290 e. The van der Waals surface area contributed by atoms with Gasteiger partial charge in [-0.3, -0.25) is 19.3 Å². The van der Waals surface area contributed by atoms with Crippen LogP contribution in [0.15, 0.2) is 54.6 Å². The third-order valence-corrected chi connectivity index (χ3v) is 4.71. The van der Waals surface area contributed by atoms with Crippen LogP contribution in [0.3, 0.4) is 0 Å². The third-order valence-electron chi connectivity index (χ3n) is 3.69. The molecule has 5 nitrogen and oxygen atoms in total. The number of para-hydroxylation sites is 1. The van der Waals surface area contributed by atoms with E-state index in [2.05, 4.69) is 0 Å². The summed E-state index contributed by atoms with van der Waals surface area (Å²) >= 11 is 0.856. The molecule has 1 fully saturated rings. The first kappa shape index (κ1) is 16.3. The van der Waals surface area contributed by atoms with Crippen molar-refractivity contribution in [2.24, 2.45) is 0 Å². The van der Waals surface area contributed by atoms with E-state index in [-0.39, 0.29) is 11.1 Å². The fraction of sp³-hybridized carbons (Fsp3) is 0.167. The van der Waals surface area contributed by atoms with Gasteiger partial charge in [0.05, 0.1) is 5.69 Å². The molecule has 1 aliphatic heterocycles. The first-order valence-corrected chi connectivity index (χ1v) is 8.33. The van der Waals surface area contributed by atoms with E-state index in [9.17, 15) is 14.4 Å². The van der Waals surface area contributed by atoms with Crippen LogP contribution in [0.4, 0.5) is 16.2 Å². The monoisotopic (exact) mass is 340 g/mol. The van der Waals surface area contributed by atoms with Crippen LogP contribution < -0.4 is 9.80 Å². The number of hydrogen-bond acceptors (Lipinski definition) is 4. The lowest BCUT2D eigenvalue weighted by Crippen LogP contribution is -2.44. The molecular formula is C18H16N2O3S. The van der Waals surface area contributed by atoms with Gasteiger partial charge in [-0.25, -0.2) is 4.90 Å². The second-order valence-electron chi connectivity index (χ2n) is 5.47. The molecule has 1 atom stereocenters. The molecule has 1 heterocycles. The fourth-order valence-electron chi connectivity index (χ4n) is 2.63. The molecule has 3 amide bonds. The lowest BCUT2D eigenvalue weighted by Gasteiger charge is -2.25. The van der Waals surface area contributed by atoms with Crippen LogP contribution in [0.2, 0.25) is 0 Å². The number of imide groups is 1. The van der Waals surface area contributed by atoms with Crippen molar-refractivity contribution >= 4 is 40.2 Å². The van der Waals surface area contributed by atoms with Gasteiger partial charge in [-0.1, -0.05) is 30.3 Å². The summed E-state index contributed by atoms with van der Waals surface area (Å²) in [6.07, 6.45) is 0. The van der Waals surface area contributed by atoms with Crippen molar-refractivity contribution in [3.8, 4) is 0 Å². The molecule has 0 aliphatic carbocycles. The predicted octanol–water partition coefficient (Wildman–Crippen LogP) is 3.57. The Bertz CT molecular complexity index is 807. The van der Waals surface area contributed by atoms with Gasteiger partial charge in [-0.05, 0) is 48.5 Å². The SMILES string of the molecule is CC(=O)N(c1ccccc1)[C@H]1SC(=O)N(c2cccc(C)c2)C1=O. The van der Waals surface area contributed by atoms with E-state index in [1.807, 2.05) is 19.1 Å². The zero-order valence-electron chi connectivity index (χ0n) is 13.3. The Kier molecular flexibility index (Phi) is 4.40. The average Bonchev–Trinajstić information content (AvgIpc) is 2.83. The summed E-state index contributed by atoms with van der Waals surface area (Å²) in [4.78, 5) is 39.8. The minimum absolute atomic E-state index is 0.286. The van der Waals surface area contributed by atoms with Crippen molar-refractivity contribution in [3.63, 3.8) is 0 Å². The topological polar surface area (TPSA) is 57.7 Å². The molecule has 0 unspecified atom stereocenters. The third kappa shape index (κ3) is 2.92. The van der Waals surface area contributed by atoms with E-state index in [0.29, 0.717) is 11.4 Å². The minimum Gasteiger partial charge on any atom is -0.290 e. The van der Waals surface area contributed by atoms with Gasteiger partial charge in [0.15, 0.2) is 5.37 Å². The van der Waals surface area contributed by atoms with Crippen molar-refractivity contribution in [1.29, 1.82) is 0 Å². The summed E-state index contributed by atoms with van der Waals surface area (Å²) in [7, 11) is 0. The van der Waals surface area contributed by atoms with Crippen LogP contribution >= 0.6 is 11.8 Å². The number of amides is 3. The van der Waals surface area contributed by atoms with Gasteiger partial charge in [-0.15, -0.1) is 0 Å². The first-order chi connectivity index (χ1) is 11.5. The predicted molar refractivity (Wildman–Crippen MR) is 95.0 cm³/mol. The molecular weight excluding hydrogens is 324 g/mol. The molecule has 0 bridgehead atoms. The minimum atomic E-state index is -0.891.